The molecule has 0 aliphatic heterocycles. The number of carbonyl (C=O) groups is 2. The number of benzene rings is 3. The molecule has 0 aliphatic carbocycles. The summed E-state index contributed by atoms with van der Waals surface area (Å²) in [5.41, 5.74) is 1.60. The fraction of sp³-hybridized carbons (Fsp3) is 0. The zero-order chi connectivity index (χ0) is 24.5. The largest absolute Gasteiger partial charge is 0.423 e. The highest BCUT2D eigenvalue weighted by atomic mass is 19.2. The molecule has 3 rings (SSSR count). The molecule has 0 bridgehead atoms. The Labute approximate surface area is 195 Å². The van der Waals surface area contributed by atoms with E-state index in [-0.39, 0.29) is 11.1 Å². The molecule has 4 nitrogen and oxygen atoms in total. The van der Waals surface area contributed by atoms with Crippen LogP contribution in [0.1, 0.15) is 22.3 Å². The van der Waals surface area contributed by atoms with Gasteiger partial charge in [-0.15, -0.1) is 0 Å². The molecule has 0 aliphatic rings. The SMILES string of the molecule is C=CC(=O)Oc1ccc(C=Cc2ccc(C=Cc3ccc(OC(=O)C=C)cc3)c(F)c2F)cc1. The van der Waals surface area contributed by atoms with Gasteiger partial charge < -0.3 is 9.47 Å². The van der Waals surface area contributed by atoms with Crippen molar-refractivity contribution in [2.45, 2.75) is 0 Å². The van der Waals surface area contributed by atoms with Gasteiger partial charge >= 0.3 is 11.9 Å². The Morgan fingerprint density at radius 3 is 1.26 bits per heavy atom. The highest BCUT2D eigenvalue weighted by molar-refractivity contribution is 5.84. The molecule has 0 radical (unpaired) electrons. The van der Waals surface area contributed by atoms with Gasteiger partial charge in [-0.2, -0.15) is 0 Å². The third-order valence-corrected chi connectivity index (χ3v) is 4.58. The molecule has 0 spiro atoms. The lowest BCUT2D eigenvalue weighted by molar-refractivity contribution is -0.129. The minimum absolute atomic E-state index is 0.0881. The average molecular weight is 458 g/mol. The molecule has 0 aromatic heterocycles. The topological polar surface area (TPSA) is 52.6 Å². The van der Waals surface area contributed by atoms with Crippen LogP contribution in [0.5, 0.6) is 11.5 Å². The van der Waals surface area contributed by atoms with E-state index in [2.05, 4.69) is 13.2 Å². The Kier molecular flexibility index (Phi) is 8.02. The Bertz CT molecular complexity index is 1170. The molecule has 3 aromatic carbocycles. The molecule has 0 atom stereocenters. The van der Waals surface area contributed by atoms with Crippen molar-refractivity contribution in [3.8, 4) is 11.5 Å². The second-order valence-corrected chi connectivity index (χ2v) is 6.93. The van der Waals surface area contributed by atoms with Crippen LogP contribution in [-0.4, -0.2) is 11.9 Å². The van der Waals surface area contributed by atoms with Crippen LogP contribution >= 0.6 is 0 Å². The smallest absolute Gasteiger partial charge is 0.335 e. The van der Waals surface area contributed by atoms with Crippen LogP contribution in [0.15, 0.2) is 86.0 Å². The van der Waals surface area contributed by atoms with Gasteiger partial charge in [-0.1, -0.05) is 73.9 Å². The molecule has 0 saturated carbocycles. The Morgan fingerprint density at radius 1 is 0.588 bits per heavy atom. The molecule has 170 valence electrons. The zero-order valence-corrected chi connectivity index (χ0v) is 18.0. The van der Waals surface area contributed by atoms with Crippen molar-refractivity contribution in [1.82, 2.24) is 0 Å². The number of hydrogen-bond acceptors (Lipinski definition) is 4. The summed E-state index contributed by atoms with van der Waals surface area (Å²) in [6.45, 7) is 6.65. The summed E-state index contributed by atoms with van der Waals surface area (Å²) in [5, 5.41) is 0. The minimum Gasteiger partial charge on any atom is -0.423 e. The number of esters is 2. The van der Waals surface area contributed by atoms with Crippen LogP contribution in [0, 0.1) is 11.6 Å². The van der Waals surface area contributed by atoms with Crippen LogP contribution in [0.4, 0.5) is 8.78 Å². The van der Waals surface area contributed by atoms with Gasteiger partial charge in [0.2, 0.25) is 0 Å². The quantitative estimate of drug-likeness (QED) is 0.168. The number of rotatable bonds is 8. The van der Waals surface area contributed by atoms with Crippen LogP contribution in [0.2, 0.25) is 0 Å². The lowest BCUT2D eigenvalue weighted by atomic mass is 10.1. The Hall–Kier alpha value is -4.58. The number of ether oxygens (including phenoxy) is 2. The van der Waals surface area contributed by atoms with Gasteiger partial charge in [-0.05, 0) is 35.4 Å². The summed E-state index contributed by atoms with van der Waals surface area (Å²) in [7, 11) is 0. The van der Waals surface area contributed by atoms with Gasteiger partial charge in [-0.3, -0.25) is 0 Å². The molecule has 0 fully saturated rings. The summed E-state index contributed by atoms with van der Waals surface area (Å²) in [5.74, 6) is -2.38. The summed E-state index contributed by atoms with van der Waals surface area (Å²) >= 11 is 0. The molecule has 0 saturated heterocycles. The van der Waals surface area contributed by atoms with Crippen LogP contribution in [-0.2, 0) is 9.59 Å². The maximum Gasteiger partial charge on any atom is 0.335 e. The van der Waals surface area contributed by atoms with E-state index in [9.17, 15) is 18.4 Å². The fourth-order valence-electron chi connectivity index (χ4n) is 2.82. The molecular formula is C28H20F2O4. The van der Waals surface area contributed by atoms with E-state index in [1.54, 1.807) is 60.7 Å². The Balaban J connectivity index is 1.69. The fourth-order valence-corrected chi connectivity index (χ4v) is 2.82. The maximum absolute atomic E-state index is 14.6. The molecule has 3 aromatic rings. The number of hydrogen-bond donors (Lipinski definition) is 0. The molecule has 0 heterocycles. The van der Waals surface area contributed by atoms with Crippen molar-refractivity contribution in [2.24, 2.45) is 0 Å². The minimum atomic E-state index is -0.971. The summed E-state index contributed by atoms with van der Waals surface area (Å²) < 4.78 is 39.1. The second kappa shape index (κ2) is 11.3. The first-order valence-corrected chi connectivity index (χ1v) is 10.1. The molecule has 0 unspecified atom stereocenters. The van der Waals surface area contributed by atoms with E-state index in [4.69, 9.17) is 9.47 Å². The van der Waals surface area contributed by atoms with E-state index in [0.717, 1.165) is 12.2 Å². The lowest BCUT2D eigenvalue weighted by Gasteiger charge is -2.04. The highest BCUT2D eigenvalue weighted by Gasteiger charge is 2.10. The normalized spacial score (nSPS) is 10.9. The summed E-state index contributed by atoms with van der Waals surface area (Å²) in [4.78, 5) is 22.4. The van der Waals surface area contributed by atoms with Gasteiger partial charge in [0.25, 0.3) is 0 Å². The van der Waals surface area contributed by atoms with Crippen molar-refractivity contribution in [3.05, 3.63) is 120 Å². The van der Waals surface area contributed by atoms with E-state index >= 15 is 0 Å². The standard InChI is InChI=1S/C28H20F2O4/c1-3-25(31)33-23-15-7-19(8-16-23)5-11-21-13-14-22(28(30)27(21)29)12-6-20-9-17-24(18-10-20)34-26(32)4-2/h3-18H,1-2H2. The van der Waals surface area contributed by atoms with Gasteiger partial charge in [0.15, 0.2) is 11.6 Å². The molecule has 6 heteroatoms. The molecule has 34 heavy (non-hydrogen) atoms. The van der Waals surface area contributed by atoms with E-state index in [1.165, 1.54) is 24.3 Å². The van der Waals surface area contributed by atoms with Crippen molar-refractivity contribution in [2.75, 3.05) is 0 Å². The molecule has 0 amide bonds. The first kappa shape index (κ1) is 24.1. The number of halogens is 2. The third-order valence-electron chi connectivity index (χ3n) is 4.58. The first-order valence-electron chi connectivity index (χ1n) is 10.1. The average Bonchev–Trinajstić information content (AvgIpc) is 2.86. The van der Waals surface area contributed by atoms with E-state index in [1.807, 2.05) is 0 Å². The van der Waals surface area contributed by atoms with Gasteiger partial charge in [-0.25, -0.2) is 18.4 Å². The number of carbonyl (C=O) groups excluding carboxylic acids is 2. The van der Waals surface area contributed by atoms with Gasteiger partial charge in [0.1, 0.15) is 11.5 Å². The zero-order valence-electron chi connectivity index (χ0n) is 18.0. The predicted molar refractivity (Wildman–Crippen MR) is 129 cm³/mol. The molecule has 0 N–H and O–H groups in total. The van der Waals surface area contributed by atoms with Crippen molar-refractivity contribution in [3.63, 3.8) is 0 Å². The van der Waals surface area contributed by atoms with Gasteiger partial charge in [0.05, 0.1) is 0 Å². The summed E-state index contributed by atoms with van der Waals surface area (Å²) in [6, 6.07) is 16.0. The van der Waals surface area contributed by atoms with Crippen LogP contribution < -0.4 is 9.47 Å². The first-order chi connectivity index (χ1) is 16.4. The lowest BCUT2D eigenvalue weighted by Crippen LogP contribution is -2.02. The second-order valence-electron chi connectivity index (χ2n) is 6.93. The third kappa shape index (κ3) is 6.46. The van der Waals surface area contributed by atoms with Crippen molar-refractivity contribution >= 4 is 36.2 Å². The van der Waals surface area contributed by atoms with Gasteiger partial charge in [0, 0.05) is 23.3 Å². The van der Waals surface area contributed by atoms with Crippen molar-refractivity contribution < 1.29 is 27.8 Å². The van der Waals surface area contributed by atoms with Crippen LogP contribution in [0.25, 0.3) is 24.3 Å². The highest BCUT2D eigenvalue weighted by Crippen LogP contribution is 2.22. The van der Waals surface area contributed by atoms with Crippen molar-refractivity contribution in [1.29, 1.82) is 0 Å². The van der Waals surface area contributed by atoms with E-state index < -0.39 is 23.6 Å². The Morgan fingerprint density at radius 2 is 0.941 bits per heavy atom. The monoisotopic (exact) mass is 458 g/mol. The maximum atomic E-state index is 14.6. The predicted octanol–water partition coefficient (Wildman–Crippen LogP) is 6.49. The molecular weight excluding hydrogens is 438 g/mol. The summed E-state index contributed by atoms with van der Waals surface area (Å²) in [6.07, 6.45) is 8.27. The van der Waals surface area contributed by atoms with E-state index in [0.29, 0.717) is 22.6 Å². The van der Waals surface area contributed by atoms with Crippen LogP contribution in [0.3, 0.4) is 0 Å².